The van der Waals surface area contributed by atoms with Crippen molar-refractivity contribution in [3.8, 4) is 0 Å². The first-order valence-electron chi connectivity index (χ1n) is 9.62. The highest BCUT2D eigenvalue weighted by Gasteiger charge is 2.56. The van der Waals surface area contributed by atoms with E-state index in [2.05, 4.69) is 29.6 Å². The summed E-state index contributed by atoms with van der Waals surface area (Å²) < 4.78 is 0. The number of anilines is 1. The first kappa shape index (κ1) is 16.9. The van der Waals surface area contributed by atoms with Crippen molar-refractivity contribution in [2.75, 3.05) is 11.1 Å². The van der Waals surface area contributed by atoms with Crippen LogP contribution < -0.4 is 5.32 Å². The molecule has 2 aromatic rings. The third kappa shape index (κ3) is 2.67. The average Bonchev–Trinajstić information content (AvgIpc) is 3.38. The number of amides is 2. The summed E-state index contributed by atoms with van der Waals surface area (Å²) in [6, 6.07) is 15.9. The van der Waals surface area contributed by atoms with E-state index in [1.165, 1.54) is 17.5 Å². The van der Waals surface area contributed by atoms with E-state index >= 15 is 0 Å². The lowest BCUT2D eigenvalue weighted by Gasteiger charge is -2.34. The summed E-state index contributed by atoms with van der Waals surface area (Å²) in [6.07, 6.45) is 4.67. The molecule has 2 amide bonds. The molecular formula is C22H22N2O2S. The van der Waals surface area contributed by atoms with Crippen LogP contribution in [0.15, 0.2) is 48.5 Å². The fourth-order valence-electron chi connectivity index (χ4n) is 4.71. The van der Waals surface area contributed by atoms with Gasteiger partial charge in [0, 0.05) is 17.9 Å². The van der Waals surface area contributed by atoms with Gasteiger partial charge in [0.15, 0.2) is 0 Å². The van der Waals surface area contributed by atoms with Crippen LogP contribution in [0.5, 0.6) is 0 Å². The maximum absolute atomic E-state index is 13.1. The van der Waals surface area contributed by atoms with Gasteiger partial charge in [-0.05, 0) is 54.5 Å². The Bertz CT molecular complexity index is 914. The molecule has 0 saturated carbocycles. The summed E-state index contributed by atoms with van der Waals surface area (Å²) in [5.41, 5.74) is 4.69. The van der Waals surface area contributed by atoms with Crippen LogP contribution in [0, 0.1) is 0 Å². The van der Waals surface area contributed by atoms with Crippen LogP contribution in [0.3, 0.4) is 0 Å². The number of benzene rings is 2. The molecule has 2 aliphatic heterocycles. The minimum absolute atomic E-state index is 0.0755. The van der Waals surface area contributed by atoms with Crippen molar-refractivity contribution in [2.45, 2.75) is 43.0 Å². The number of thioether (sulfide) groups is 1. The molecule has 0 spiro atoms. The van der Waals surface area contributed by atoms with Gasteiger partial charge >= 0.3 is 0 Å². The molecule has 2 aromatic carbocycles. The number of nitrogens with zero attached hydrogens (tertiary/aromatic N) is 1. The summed E-state index contributed by atoms with van der Waals surface area (Å²) in [5, 5.41) is 3.07. The summed E-state index contributed by atoms with van der Waals surface area (Å²) in [7, 11) is 0. The van der Waals surface area contributed by atoms with E-state index < -0.39 is 10.9 Å². The van der Waals surface area contributed by atoms with Crippen LogP contribution >= 0.6 is 11.8 Å². The van der Waals surface area contributed by atoms with Crippen molar-refractivity contribution < 1.29 is 9.59 Å². The van der Waals surface area contributed by atoms with Gasteiger partial charge in [0.05, 0.1) is 0 Å². The van der Waals surface area contributed by atoms with Gasteiger partial charge in [0.2, 0.25) is 11.8 Å². The smallest absolute Gasteiger partial charge is 0.248 e. The molecule has 0 unspecified atom stereocenters. The zero-order chi connectivity index (χ0) is 18.4. The lowest BCUT2D eigenvalue weighted by molar-refractivity contribution is -0.136. The van der Waals surface area contributed by atoms with E-state index in [4.69, 9.17) is 0 Å². The fourth-order valence-corrected chi connectivity index (χ4v) is 6.36. The largest absolute Gasteiger partial charge is 0.324 e. The quantitative estimate of drug-likeness (QED) is 0.886. The normalized spacial score (nSPS) is 26.1. The van der Waals surface area contributed by atoms with E-state index in [0.29, 0.717) is 12.2 Å². The van der Waals surface area contributed by atoms with Crippen molar-refractivity contribution >= 4 is 29.3 Å². The monoisotopic (exact) mass is 378 g/mol. The highest BCUT2D eigenvalue weighted by Crippen LogP contribution is 2.54. The molecule has 2 heterocycles. The van der Waals surface area contributed by atoms with Crippen molar-refractivity contribution in [3.05, 3.63) is 65.2 Å². The van der Waals surface area contributed by atoms with E-state index in [1.54, 1.807) is 11.8 Å². The highest BCUT2D eigenvalue weighted by molar-refractivity contribution is 8.00. The van der Waals surface area contributed by atoms with Crippen molar-refractivity contribution in [1.82, 2.24) is 4.90 Å². The summed E-state index contributed by atoms with van der Waals surface area (Å²) in [6.45, 7) is 0. The van der Waals surface area contributed by atoms with Gasteiger partial charge in [-0.15, -0.1) is 11.8 Å². The molecule has 3 aliphatic rings. The SMILES string of the molecule is O=C(Nc1ccc2c(c1)CCC2)[C@H]1CS[C@@]2(c3ccccc3)CCC(=O)N12. The van der Waals surface area contributed by atoms with Gasteiger partial charge in [-0.3, -0.25) is 9.59 Å². The summed E-state index contributed by atoms with van der Waals surface area (Å²) >= 11 is 1.73. The van der Waals surface area contributed by atoms with Gasteiger partial charge in [-0.2, -0.15) is 0 Å². The van der Waals surface area contributed by atoms with Crippen LogP contribution in [-0.4, -0.2) is 28.5 Å². The van der Waals surface area contributed by atoms with Crippen LogP contribution in [0.4, 0.5) is 5.69 Å². The fraction of sp³-hybridized carbons (Fsp3) is 0.364. The number of carbonyl (C=O) groups is 2. The Morgan fingerprint density at radius 2 is 1.89 bits per heavy atom. The van der Waals surface area contributed by atoms with Gasteiger partial charge in [0.1, 0.15) is 10.9 Å². The van der Waals surface area contributed by atoms with Crippen molar-refractivity contribution in [3.63, 3.8) is 0 Å². The molecule has 2 atom stereocenters. The van der Waals surface area contributed by atoms with Crippen molar-refractivity contribution in [1.29, 1.82) is 0 Å². The Kier molecular flexibility index (Phi) is 4.01. The first-order valence-corrected chi connectivity index (χ1v) is 10.6. The molecule has 0 aromatic heterocycles. The first-order chi connectivity index (χ1) is 13.2. The van der Waals surface area contributed by atoms with Crippen LogP contribution in [0.2, 0.25) is 0 Å². The second kappa shape index (κ2) is 6.41. The minimum atomic E-state index is -0.418. The molecule has 0 bridgehead atoms. The molecule has 2 saturated heterocycles. The Balaban J connectivity index is 1.41. The molecule has 2 fully saturated rings. The number of nitrogens with one attached hydrogen (secondary N) is 1. The lowest BCUT2D eigenvalue weighted by atomic mass is 10.0. The molecule has 5 rings (SSSR count). The molecule has 0 radical (unpaired) electrons. The lowest BCUT2D eigenvalue weighted by Crippen LogP contribution is -2.48. The average molecular weight is 378 g/mol. The predicted molar refractivity (Wildman–Crippen MR) is 108 cm³/mol. The summed E-state index contributed by atoms with van der Waals surface area (Å²) in [4.78, 5) is 27.2. The van der Waals surface area contributed by atoms with Crippen LogP contribution in [-0.2, 0) is 27.3 Å². The molecule has 27 heavy (non-hydrogen) atoms. The number of aryl methyl sites for hydroxylation is 2. The Morgan fingerprint density at radius 3 is 2.74 bits per heavy atom. The van der Waals surface area contributed by atoms with E-state index in [1.807, 2.05) is 29.2 Å². The second-order valence-electron chi connectivity index (χ2n) is 7.57. The minimum Gasteiger partial charge on any atom is -0.324 e. The van der Waals surface area contributed by atoms with Gasteiger partial charge in [0.25, 0.3) is 0 Å². The van der Waals surface area contributed by atoms with E-state index in [9.17, 15) is 9.59 Å². The highest BCUT2D eigenvalue weighted by atomic mass is 32.2. The van der Waals surface area contributed by atoms with Gasteiger partial charge < -0.3 is 10.2 Å². The molecule has 138 valence electrons. The maximum Gasteiger partial charge on any atom is 0.248 e. The Morgan fingerprint density at radius 1 is 1.07 bits per heavy atom. The third-order valence-corrected chi connectivity index (χ3v) is 7.62. The standard InChI is InChI=1S/C22H22N2O2S/c25-20-11-12-22(17-7-2-1-3-8-17)24(20)19(14-27-22)21(26)23-18-10-9-15-5-4-6-16(15)13-18/h1-3,7-10,13,19H,4-6,11-12,14H2,(H,23,26)/t19-,22-/m1/s1. The van der Waals surface area contributed by atoms with E-state index in [0.717, 1.165) is 30.5 Å². The second-order valence-corrected chi connectivity index (χ2v) is 8.86. The van der Waals surface area contributed by atoms with Crippen LogP contribution in [0.25, 0.3) is 0 Å². The van der Waals surface area contributed by atoms with Gasteiger partial charge in [-0.25, -0.2) is 0 Å². The van der Waals surface area contributed by atoms with E-state index in [-0.39, 0.29) is 11.8 Å². The maximum atomic E-state index is 13.1. The number of hydrogen-bond donors (Lipinski definition) is 1. The zero-order valence-corrected chi connectivity index (χ0v) is 15.9. The number of hydrogen-bond acceptors (Lipinski definition) is 3. The number of rotatable bonds is 3. The number of carbonyl (C=O) groups excluding carboxylic acids is 2. The van der Waals surface area contributed by atoms with Crippen molar-refractivity contribution in [2.24, 2.45) is 0 Å². The molecule has 5 heteroatoms. The van der Waals surface area contributed by atoms with Gasteiger partial charge in [-0.1, -0.05) is 36.4 Å². The predicted octanol–water partition coefficient (Wildman–Crippen LogP) is 3.70. The molecule has 1 N–H and O–H groups in total. The Hall–Kier alpha value is -2.27. The molecule has 4 nitrogen and oxygen atoms in total. The third-order valence-electron chi connectivity index (χ3n) is 6.02. The Labute approximate surface area is 163 Å². The topological polar surface area (TPSA) is 49.4 Å². The summed E-state index contributed by atoms with van der Waals surface area (Å²) in [5.74, 6) is 0.642. The molecular weight excluding hydrogens is 356 g/mol. The van der Waals surface area contributed by atoms with Crippen LogP contribution in [0.1, 0.15) is 36.0 Å². The number of fused-ring (bicyclic) bond motifs is 2. The zero-order valence-electron chi connectivity index (χ0n) is 15.1. The molecule has 1 aliphatic carbocycles.